The number of methoxy groups -OCH3 is 1. The van der Waals surface area contributed by atoms with Crippen LogP contribution in [0, 0.1) is 5.41 Å². The minimum atomic E-state index is -2.10. The molecule has 0 aromatic heterocycles. The maximum Gasteiger partial charge on any atom is 0.265 e. The summed E-state index contributed by atoms with van der Waals surface area (Å²) >= 11 is 17.8. The van der Waals surface area contributed by atoms with Gasteiger partial charge >= 0.3 is 0 Å². The molecule has 2 aliphatic rings. The van der Waals surface area contributed by atoms with Gasteiger partial charge in [-0.1, -0.05) is 108 Å². The number of halogens is 3. The average molecular weight is 623 g/mol. The van der Waals surface area contributed by atoms with E-state index in [1.54, 1.807) is 7.11 Å². The summed E-state index contributed by atoms with van der Waals surface area (Å²) in [6.07, 6.45) is -4.57. The van der Waals surface area contributed by atoms with Crippen LogP contribution in [0.3, 0.4) is 0 Å². The summed E-state index contributed by atoms with van der Waals surface area (Å²) in [6.45, 7) is 0.630. The third kappa shape index (κ3) is 7.71. The van der Waals surface area contributed by atoms with Crippen molar-refractivity contribution >= 4 is 40.7 Å². The van der Waals surface area contributed by atoms with Crippen molar-refractivity contribution in [2.45, 2.75) is 54.0 Å². The Morgan fingerprint density at radius 3 is 2.07 bits per heavy atom. The molecule has 2 heterocycles. The van der Waals surface area contributed by atoms with E-state index in [0.717, 1.165) is 22.4 Å². The number of fused-ring (bicyclic) bond motifs is 1. The Kier molecular flexibility index (Phi) is 10.1. The van der Waals surface area contributed by atoms with Crippen molar-refractivity contribution in [3.63, 3.8) is 0 Å². The van der Waals surface area contributed by atoms with E-state index in [-0.39, 0.29) is 19.8 Å². The maximum atomic E-state index is 8.21. The molecule has 218 valence electrons. The molecule has 5 rings (SSSR count). The van der Waals surface area contributed by atoms with Gasteiger partial charge in [-0.15, -0.1) is 0 Å². The van der Waals surface area contributed by atoms with Crippen LogP contribution in [0.5, 0.6) is 5.75 Å². The molecule has 6 atom stereocenters. The van der Waals surface area contributed by atoms with Crippen LogP contribution in [-0.2, 0) is 41.6 Å². The summed E-state index contributed by atoms with van der Waals surface area (Å²) < 4.78 is 40.6. The van der Waals surface area contributed by atoms with E-state index in [1.165, 1.54) is 0 Å². The van der Waals surface area contributed by atoms with Gasteiger partial charge in [0.2, 0.25) is 12.2 Å². The minimum Gasteiger partial charge on any atom is -0.497 e. The Labute approximate surface area is 253 Å². The van der Waals surface area contributed by atoms with E-state index in [2.05, 4.69) is 0 Å². The molecule has 3 aromatic rings. The summed E-state index contributed by atoms with van der Waals surface area (Å²) in [5.41, 5.74) is 2.69. The second kappa shape index (κ2) is 13.7. The summed E-state index contributed by atoms with van der Waals surface area (Å²) in [5, 5.41) is 8.21. The van der Waals surface area contributed by atoms with Gasteiger partial charge in [0.05, 0.1) is 26.9 Å². The lowest BCUT2D eigenvalue weighted by Gasteiger charge is -2.48. The van der Waals surface area contributed by atoms with Crippen molar-refractivity contribution in [2.75, 3.05) is 13.7 Å². The predicted octanol–water partition coefficient (Wildman–Crippen LogP) is 6.37. The fourth-order valence-electron chi connectivity index (χ4n) is 4.65. The summed E-state index contributed by atoms with van der Waals surface area (Å²) in [4.78, 5) is 0. The molecule has 0 bridgehead atoms. The largest absolute Gasteiger partial charge is 0.497 e. The number of nitrogens with one attached hydrogen (secondary N) is 1. The molecule has 3 aromatic carbocycles. The highest BCUT2D eigenvalue weighted by molar-refractivity contribution is 6.76. The Morgan fingerprint density at radius 2 is 1.44 bits per heavy atom. The topological polar surface area (TPSA) is 88.5 Å². The quantitative estimate of drug-likeness (QED) is 0.169. The van der Waals surface area contributed by atoms with Gasteiger partial charge < -0.3 is 33.2 Å². The molecule has 1 N–H and O–H groups in total. The van der Waals surface area contributed by atoms with Crippen LogP contribution in [0.2, 0.25) is 0 Å². The number of benzene rings is 3. The maximum absolute atomic E-state index is 8.21. The molecule has 2 fully saturated rings. The molecule has 41 heavy (non-hydrogen) atoms. The van der Waals surface area contributed by atoms with E-state index in [9.17, 15) is 0 Å². The fourth-order valence-corrected chi connectivity index (χ4v) is 4.78. The smallest absolute Gasteiger partial charge is 0.265 e. The average Bonchev–Trinajstić information content (AvgIpc) is 2.99. The zero-order valence-corrected chi connectivity index (χ0v) is 24.4. The second-order valence-electron chi connectivity index (χ2n) is 9.55. The van der Waals surface area contributed by atoms with Crippen molar-refractivity contribution < 1.29 is 33.2 Å². The van der Waals surface area contributed by atoms with Gasteiger partial charge in [0.15, 0.2) is 6.29 Å². The first kappa shape index (κ1) is 30.1. The lowest BCUT2D eigenvalue weighted by molar-refractivity contribution is -0.363. The Bertz CT molecular complexity index is 1260. The zero-order chi connectivity index (χ0) is 28.8. The van der Waals surface area contributed by atoms with Gasteiger partial charge in [0.25, 0.3) is 3.79 Å². The Hall–Kier alpha value is -2.40. The number of rotatable bonds is 9. The molecule has 3 unspecified atom stereocenters. The monoisotopic (exact) mass is 621 g/mol. The first-order valence-electron chi connectivity index (χ1n) is 13.0. The summed E-state index contributed by atoms with van der Waals surface area (Å²) in [7, 11) is 1.61. The third-order valence-corrected chi connectivity index (χ3v) is 7.25. The molecule has 0 aliphatic carbocycles. The summed E-state index contributed by atoms with van der Waals surface area (Å²) in [6, 6.07) is 26.8. The van der Waals surface area contributed by atoms with E-state index in [0.29, 0.717) is 0 Å². The normalized spacial score (nSPS) is 26.1. The second-order valence-corrected chi connectivity index (χ2v) is 11.8. The number of ether oxygens (including phenoxy) is 7. The molecule has 0 saturated carbocycles. The van der Waals surface area contributed by atoms with Gasteiger partial charge in [-0.25, -0.2) is 0 Å². The number of alkyl halides is 3. The highest BCUT2D eigenvalue weighted by atomic mass is 35.6. The molecule has 0 spiro atoms. The fraction of sp³-hybridized carbons (Fsp3) is 0.367. The van der Waals surface area contributed by atoms with Crippen LogP contribution in [0.4, 0.5) is 0 Å². The highest BCUT2D eigenvalue weighted by Gasteiger charge is 2.53. The Morgan fingerprint density at radius 1 is 0.829 bits per heavy atom. The molecule has 2 saturated heterocycles. The van der Waals surface area contributed by atoms with Crippen LogP contribution in [0.15, 0.2) is 84.9 Å². The van der Waals surface area contributed by atoms with Gasteiger partial charge in [-0.3, -0.25) is 5.41 Å². The lowest BCUT2D eigenvalue weighted by Crippen LogP contribution is -2.64. The van der Waals surface area contributed by atoms with Crippen LogP contribution in [-0.4, -0.2) is 54.1 Å². The number of hydrogen-bond donors (Lipinski definition) is 1. The van der Waals surface area contributed by atoms with Gasteiger partial charge in [0.1, 0.15) is 30.2 Å². The first-order chi connectivity index (χ1) is 19.8. The van der Waals surface area contributed by atoms with Crippen LogP contribution < -0.4 is 4.74 Å². The molecule has 0 radical (unpaired) electrons. The molecule has 0 amide bonds. The van der Waals surface area contributed by atoms with Crippen molar-refractivity contribution in [1.82, 2.24) is 0 Å². The first-order valence-corrected chi connectivity index (χ1v) is 14.1. The van der Waals surface area contributed by atoms with Crippen molar-refractivity contribution in [2.24, 2.45) is 0 Å². The Balaban J connectivity index is 1.44. The van der Waals surface area contributed by atoms with Crippen LogP contribution in [0.1, 0.15) is 23.0 Å². The van der Waals surface area contributed by atoms with Crippen LogP contribution in [0.25, 0.3) is 0 Å². The van der Waals surface area contributed by atoms with Gasteiger partial charge in [-0.2, -0.15) is 0 Å². The van der Waals surface area contributed by atoms with Gasteiger partial charge in [-0.05, 0) is 23.3 Å². The third-order valence-electron chi connectivity index (χ3n) is 6.73. The minimum absolute atomic E-state index is 0.180. The van der Waals surface area contributed by atoms with E-state index in [4.69, 9.17) is 73.4 Å². The molecule has 11 heteroatoms. The number of hydrogen-bond acceptors (Lipinski definition) is 8. The molecular weight excluding hydrogens is 593 g/mol. The lowest BCUT2D eigenvalue weighted by atomic mass is 9.97. The summed E-state index contributed by atoms with van der Waals surface area (Å²) in [5.74, 6) is 0.133. The van der Waals surface area contributed by atoms with E-state index >= 15 is 0 Å². The van der Waals surface area contributed by atoms with E-state index in [1.807, 2.05) is 84.9 Å². The zero-order valence-electron chi connectivity index (χ0n) is 22.2. The van der Waals surface area contributed by atoms with Gasteiger partial charge in [0, 0.05) is 5.56 Å². The van der Waals surface area contributed by atoms with Crippen molar-refractivity contribution in [3.05, 3.63) is 102 Å². The highest BCUT2D eigenvalue weighted by Crippen LogP contribution is 2.38. The SMILES string of the molecule is COc1ccc(CO[C@@H]2C(OCc3ccccc3)[C@@H](OC(=N)C(Cl)(Cl)Cl)OC3COC(c4ccccc4)O[C@@H]32)cc1. The standard InChI is InChI=1S/C30H30Cl3NO7/c1-35-22-14-12-20(13-15-22)17-36-25-24-23(18-38-27(40-24)21-10-6-3-7-11-21)39-28(41-29(34)30(31,32)33)26(25)37-16-19-8-4-2-5-9-19/h2-15,23-28,34H,16-18H2,1H3/t23?,24-,25-,26?,27?,28+/m0/s1. The van der Waals surface area contributed by atoms with Crippen LogP contribution >= 0.6 is 34.8 Å². The van der Waals surface area contributed by atoms with E-state index < -0.39 is 46.7 Å². The molecule has 8 nitrogen and oxygen atoms in total. The predicted molar refractivity (Wildman–Crippen MR) is 154 cm³/mol. The molecule has 2 aliphatic heterocycles. The van der Waals surface area contributed by atoms with Crippen molar-refractivity contribution in [3.8, 4) is 5.75 Å². The van der Waals surface area contributed by atoms with Crippen molar-refractivity contribution in [1.29, 1.82) is 5.41 Å². The molecular formula is C30H30Cl3NO7.